The average Bonchev–Trinajstić information content (AvgIpc) is 2.46. The van der Waals surface area contributed by atoms with Crippen LogP contribution in [0.15, 0.2) is 24.3 Å². The molecule has 0 aromatic heterocycles. The van der Waals surface area contributed by atoms with Crippen LogP contribution in [0.4, 0.5) is 13.2 Å². The lowest BCUT2D eigenvalue weighted by molar-refractivity contribution is -0.137. The zero-order valence-corrected chi connectivity index (χ0v) is 11.4. The highest BCUT2D eigenvalue weighted by Gasteiger charge is 2.31. The van der Waals surface area contributed by atoms with Crippen molar-refractivity contribution in [2.45, 2.75) is 44.3 Å². The van der Waals surface area contributed by atoms with E-state index in [2.05, 4.69) is 0 Å². The quantitative estimate of drug-likeness (QED) is 0.800. The molecule has 1 fully saturated rings. The maximum Gasteiger partial charge on any atom is 0.416 e. The van der Waals surface area contributed by atoms with Gasteiger partial charge in [-0.2, -0.15) is 13.2 Å². The predicted octanol–water partition coefficient (Wildman–Crippen LogP) is 4.11. The summed E-state index contributed by atoms with van der Waals surface area (Å²) in [4.78, 5) is 13.9. The van der Waals surface area contributed by atoms with E-state index in [0.717, 1.165) is 37.8 Å². The third-order valence-corrected chi connectivity index (χ3v) is 3.88. The molecule has 110 valence electrons. The van der Waals surface area contributed by atoms with Gasteiger partial charge in [0.25, 0.3) is 5.91 Å². The van der Waals surface area contributed by atoms with Crippen LogP contribution in [-0.2, 0) is 6.18 Å². The maximum atomic E-state index is 12.7. The predicted molar refractivity (Wildman–Crippen MR) is 70.4 cm³/mol. The number of benzene rings is 1. The van der Waals surface area contributed by atoms with Crippen molar-refractivity contribution < 1.29 is 18.0 Å². The highest BCUT2D eigenvalue weighted by atomic mass is 19.4. The molecule has 1 saturated carbocycles. The summed E-state index contributed by atoms with van der Waals surface area (Å²) in [5, 5.41) is 0. The van der Waals surface area contributed by atoms with E-state index < -0.39 is 11.7 Å². The number of carbonyl (C=O) groups is 1. The van der Waals surface area contributed by atoms with E-state index in [4.69, 9.17) is 0 Å². The second-order valence-corrected chi connectivity index (χ2v) is 5.29. The van der Waals surface area contributed by atoms with Crippen molar-refractivity contribution in [3.63, 3.8) is 0 Å². The third-order valence-electron chi connectivity index (χ3n) is 3.88. The van der Waals surface area contributed by atoms with Gasteiger partial charge in [-0.25, -0.2) is 0 Å². The van der Waals surface area contributed by atoms with Crippen LogP contribution in [0, 0.1) is 0 Å². The zero-order chi connectivity index (χ0) is 14.8. The molecule has 1 aliphatic rings. The van der Waals surface area contributed by atoms with Gasteiger partial charge in [-0.05, 0) is 31.0 Å². The van der Waals surface area contributed by atoms with Crippen molar-refractivity contribution in [3.8, 4) is 0 Å². The van der Waals surface area contributed by atoms with Crippen LogP contribution in [0.3, 0.4) is 0 Å². The van der Waals surface area contributed by atoms with Crippen LogP contribution < -0.4 is 0 Å². The van der Waals surface area contributed by atoms with Gasteiger partial charge in [0.2, 0.25) is 0 Å². The van der Waals surface area contributed by atoms with E-state index in [1.165, 1.54) is 18.6 Å². The zero-order valence-electron chi connectivity index (χ0n) is 11.4. The Morgan fingerprint density at radius 1 is 1.20 bits per heavy atom. The molecule has 0 heterocycles. The lowest BCUT2D eigenvalue weighted by atomic mass is 9.94. The van der Waals surface area contributed by atoms with Crippen LogP contribution in [0.2, 0.25) is 0 Å². The van der Waals surface area contributed by atoms with E-state index >= 15 is 0 Å². The summed E-state index contributed by atoms with van der Waals surface area (Å²) in [5.41, 5.74) is -0.673. The Labute approximate surface area is 116 Å². The number of amides is 1. The standard InChI is InChI=1S/C15H18F3NO/c1-19(13-8-3-2-4-9-13)14(20)11-6-5-7-12(10-11)15(16,17)18/h5-7,10,13H,2-4,8-9H2,1H3. The Hall–Kier alpha value is -1.52. The minimum atomic E-state index is -4.42. The molecule has 0 unspecified atom stereocenters. The molecule has 1 aromatic rings. The van der Waals surface area contributed by atoms with E-state index in [9.17, 15) is 18.0 Å². The molecule has 0 N–H and O–H groups in total. The largest absolute Gasteiger partial charge is 0.416 e. The van der Waals surface area contributed by atoms with Crippen LogP contribution >= 0.6 is 0 Å². The van der Waals surface area contributed by atoms with E-state index in [0.29, 0.717) is 0 Å². The number of hydrogen-bond acceptors (Lipinski definition) is 1. The fourth-order valence-corrected chi connectivity index (χ4v) is 2.67. The first kappa shape index (κ1) is 14.9. The second-order valence-electron chi connectivity index (χ2n) is 5.29. The van der Waals surface area contributed by atoms with Gasteiger partial charge in [-0.3, -0.25) is 4.79 Å². The Bertz CT molecular complexity index is 478. The lowest BCUT2D eigenvalue weighted by Crippen LogP contribution is -2.38. The summed E-state index contributed by atoms with van der Waals surface area (Å²) in [6.45, 7) is 0. The summed E-state index contributed by atoms with van der Waals surface area (Å²) >= 11 is 0. The first-order chi connectivity index (χ1) is 9.39. The van der Waals surface area contributed by atoms with E-state index in [1.54, 1.807) is 11.9 Å². The van der Waals surface area contributed by atoms with Crippen molar-refractivity contribution in [1.29, 1.82) is 0 Å². The molecule has 1 amide bonds. The number of halogens is 3. The van der Waals surface area contributed by atoms with Crippen molar-refractivity contribution in [3.05, 3.63) is 35.4 Å². The van der Waals surface area contributed by atoms with Gasteiger partial charge in [0, 0.05) is 18.7 Å². The van der Waals surface area contributed by atoms with Crippen molar-refractivity contribution in [2.24, 2.45) is 0 Å². The first-order valence-electron chi connectivity index (χ1n) is 6.84. The molecule has 1 aliphatic carbocycles. The molecule has 5 heteroatoms. The summed E-state index contributed by atoms with van der Waals surface area (Å²) in [5.74, 6) is -0.331. The smallest absolute Gasteiger partial charge is 0.339 e. The molecule has 2 nitrogen and oxygen atoms in total. The summed E-state index contributed by atoms with van der Waals surface area (Å²) < 4.78 is 38.0. The summed E-state index contributed by atoms with van der Waals surface area (Å²) in [7, 11) is 1.68. The Balaban J connectivity index is 2.16. The fraction of sp³-hybridized carbons (Fsp3) is 0.533. The molecule has 0 atom stereocenters. The Morgan fingerprint density at radius 3 is 2.45 bits per heavy atom. The number of carbonyl (C=O) groups excluding carboxylic acids is 1. The molecule has 0 spiro atoms. The van der Waals surface area contributed by atoms with Crippen LogP contribution in [-0.4, -0.2) is 23.9 Å². The van der Waals surface area contributed by atoms with Gasteiger partial charge in [0.05, 0.1) is 5.56 Å². The van der Waals surface area contributed by atoms with E-state index in [-0.39, 0.29) is 17.5 Å². The number of nitrogens with zero attached hydrogens (tertiary/aromatic N) is 1. The second kappa shape index (κ2) is 5.85. The molecule has 20 heavy (non-hydrogen) atoms. The molecule has 0 aliphatic heterocycles. The number of alkyl halides is 3. The van der Waals surface area contributed by atoms with Crippen molar-refractivity contribution >= 4 is 5.91 Å². The van der Waals surface area contributed by atoms with Gasteiger partial charge in [0.1, 0.15) is 0 Å². The highest BCUT2D eigenvalue weighted by Crippen LogP contribution is 2.30. The Morgan fingerprint density at radius 2 is 1.85 bits per heavy atom. The van der Waals surface area contributed by atoms with Crippen molar-refractivity contribution in [1.82, 2.24) is 4.90 Å². The van der Waals surface area contributed by atoms with Gasteiger partial charge >= 0.3 is 6.18 Å². The highest BCUT2D eigenvalue weighted by molar-refractivity contribution is 5.94. The first-order valence-corrected chi connectivity index (χ1v) is 6.84. The third kappa shape index (κ3) is 3.32. The topological polar surface area (TPSA) is 20.3 Å². The molecular weight excluding hydrogens is 267 g/mol. The summed E-state index contributed by atoms with van der Waals surface area (Å²) in [6, 6.07) is 4.78. The van der Waals surface area contributed by atoms with Crippen LogP contribution in [0.1, 0.15) is 48.0 Å². The normalized spacial score (nSPS) is 17.0. The van der Waals surface area contributed by atoms with Gasteiger partial charge in [-0.15, -0.1) is 0 Å². The van der Waals surface area contributed by atoms with Gasteiger partial charge in [-0.1, -0.05) is 25.3 Å². The lowest BCUT2D eigenvalue weighted by Gasteiger charge is -2.31. The molecule has 0 bridgehead atoms. The Kier molecular flexibility index (Phi) is 4.35. The van der Waals surface area contributed by atoms with Crippen LogP contribution in [0.25, 0.3) is 0 Å². The molecule has 2 rings (SSSR count). The molecule has 0 saturated heterocycles. The number of rotatable bonds is 2. The van der Waals surface area contributed by atoms with Gasteiger partial charge in [0.15, 0.2) is 0 Å². The van der Waals surface area contributed by atoms with Crippen molar-refractivity contribution in [2.75, 3.05) is 7.05 Å². The fourth-order valence-electron chi connectivity index (χ4n) is 2.67. The minimum absolute atomic E-state index is 0.105. The van der Waals surface area contributed by atoms with E-state index in [1.807, 2.05) is 0 Å². The van der Waals surface area contributed by atoms with Crippen LogP contribution in [0.5, 0.6) is 0 Å². The monoisotopic (exact) mass is 285 g/mol. The molecule has 1 aromatic carbocycles. The molecule has 0 radical (unpaired) electrons. The average molecular weight is 285 g/mol. The van der Waals surface area contributed by atoms with Gasteiger partial charge < -0.3 is 4.90 Å². The summed E-state index contributed by atoms with van der Waals surface area (Å²) in [6.07, 6.45) is 0.764. The molecular formula is C15H18F3NO. The maximum absolute atomic E-state index is 12.7. The minimum Gasteiger partial charge on any atom is -0.339 e. The number of hydrogen-bond donors (Lipinski definition) is 0. The SMILES string of the molecule is CN(C(=O)c1cccc(C(F)(F)F)c1)C1CCCCC1.